The zero-order valence-electron chi connectivity index (χ0n) is 30.3. The molecule has 0 saturated carbocycles. The van der Waals surface area contributed by atoms with Crippen molar-refractivity contribution in [3.8, 4) is 10.8 Å². The van der Waals surface area contributed by atoms with Crippen molar-refractivity contribution in [3.63, 3.8) is 0 Å². The second-order valence-corrected chi connectivity index (χ2v) is 15.2. The van der Waals surface area contributed by atoms with Crippen molar-refractivity contribution in [3.05, 3.63) is 91.8 Å². The quantitative estimate of drug-likeness (QED) is 0.0885. The highest BCUT2D eigenvalue weighted by molar-refractivity contribution is 7.15. The van der Waals surface area contributed by atoms with E-state index in [1.807, 2.05) is 35.8 Å². The number of piperidine rings is 1. The Morgan fingerprint density at radius 1 is 1.04 bits per heavy atom. The van der Waals surface area contributed by atoms with Crippen molar-refractivity contribution in [2.75, 3.05) is 19.7 Å². The van der Waals surface area contributed by atoms with Gasteiger partial charge in [-0.1, -0.05) is 29.8 Å². The normalized spacial score (nSPS) is 18.3. The molecule has 15 nitrogen and oxygen atoms in total. The Kier molecular flexibility index (Phi) is 10.9. The third-order valence-corrected chi connectivity index (χ3v) is 11.3. The highest BCUT2D eigenvalue weighted by Gasteiger charge is 2.46. The number of halogens is 1. The fourth-order valence-electron chi connectivity index (χ4n) is 6.99. The largest absolute Gasteiger partial charge is 0.483 e. The molecule has 3 aliphatic heterocycles. The van der Waals surface area contributed by atoms with Crippen molar-refractivity contribution >= 4 is 58.2 Å². The summed E-state index contributed by atoms with van der Waals surface area (Å²) in [5.41, 5.74) is 3.89. The van der Waals surface area contributed by atoms with Gasteiger partial charge in [0.2, 0.25) is 11.8 Å². The molecule has 1 fully saturated rings. The first-order valence-electron chi connectivity index (χ1n) is 17.9. The van der Waals surface area contributed by atoms with Gasteiger partial charge in [-0.15, -0.1) is 21.5 Å². The third-order valence-electron chi connectivity index (χ3n) is 9.90. The van der Waals surface area contributed by atoms with Crippen LogP contribution in [0.15, 0.2) is 47.5 Å². The van der Waals surface area contributed by atoms with Crippen molar-refractivity contribution in [2.24, 2.45) is 4.99 Å². The van der Waals surface area contributed by atoms with E-state index in [1.54, 1.807) is 11.3 Å². The van der Waals surface area contributed by atoms with E-state index in [1.165, 1.54) is 23.1 Å². The number of aromatic nitrogens is 3. The molecule has 4 aromatic rings. The average molecular weight is 787 g/mol. The first kappa shape index (κ1) is 38.0. The molecule has 5 heterocycles. The molecule has 4 N–H and O–H groups in total. The molecule has 55 heavy (non-hydrogen) atoms. The predicted octanol–water partition coefficient (Wildman–Crippen LogP) is 3.47. The fourth-order valence-corrected chi connectivity index (χ4v) is 8.33. The zero-order chi connectivity index (χ0) is 39.0. The van der Waals surface area contributed by atoms with Crippen LogP contribution in [0.3, 0.4) is 0 Å². The second kappa shape index (κ2) is 15.8. The van der Waals surface area contributed by atoms with Crippen molar-refractivity contribution in [1.82, 2.24) is 35.6 Å². The van der Waals surface area contributed by atoms with E-state index in [4.69, 9.17) is 21.3 Å². The number of fused-ring (bicyclic) bond motifs is 4. The Morgan fingerprint density at radius 2 is 1.80 bits per heavy atom. The number of carbonyl (C=O) groups excluding carboxylic acids is 5. The molecular formula is C38H39ClN8O7S. The Morgan fingerprint density at radius 3 is 2.56 bits per heavy atom. The molecule has 0 aliphatic carbocycles. The fraction of sp³-hybridized carbons (Fsp3) is 0.368. The number of amides is 5. The molecule has 2 unspecified atom stereocenters. The lowest BCUT2D eigenvalue weighted by Gasteiger charge is -2.27. The maximum Gasteiger partial charge on any atom is 0.266 e. The number of nitrogens with one attached hydrogen (secondary N) is 3. The number of ether oxygens (including phenoxy) is 1. The molecule has 0 bridgehead atoms. The number of thiophene rings is 1. The number of unbranched alkanes of at least 4 members (excludes halogenated alkanes) is 1. The lowest BCUT2D eigenvalue weighted by Crippen LogP contribution is -2.54. The standard InChI is InChI=1S/C38H39ClN8O7S/c1-19-20(2)55-38-31(19)33(22-9-11-23(39)12-10-22)42-25(34-45-44-21(3)46(34)38)17-29(49)40-15-4-5-16-41-30(50)18-54-27-8-6-7-24-32(27)37(53)47(36(24)52)26-13-14-28(48)43-35(26)51/h6-12,25-26,29,40,49H,4-5,13-18H2,1-3H3,(H,41,50)(H,43,48,51)/t25-,26?,29?/m1/s1. The molecule has 2 aromatic heterocycles. The molecular weight excluding hydrogens is 748 g/mol. The highest BCUT2D eigenvalue weighted by Crippen LogP contribution is 2.40. The molecule has 3 aliphatic rings. The molecule has 0 radical (unpaired) electrons. The number of aliphatic imine (C=N–C) groups is 1. The summed E-state index contributed by atoms with van der Waals surface area (Å²) in [6.07, 6.45) is 0.636. The van der Waals surface area contributed by atoms with Gasteiger partial charge in [-0.2, -0.15) is 0 Å². The van der Waals surface area contributed by atoms with E-state index in [9.17, 15) is 29.1 Å². The average Bonchev–Trinajstić information content (AvgIpc) is 3.73. The predicted molar refractivity (Wildman–Crippen MR) is 203 cm³/mol. The summed E-state index contributed by atoms with van der Waals surface area (Å²) in [6, 6.07) is 10.4. The van der Waals surface area contributed by atoms with Gasteiger partial charge < -0.3 is 15.2 Å². The number of aliphatic hydroxyl groups excluding tert-OH is 1. The van der Waals surface area contributed by atoms with E-state index in [2.05, 4.69) is 40.0 Å². The molecule has 286 valence electrons. The van der Waals surface area contributed by atoms with E-state index in [0.717, 1.165) is 38.1 Å². The first-order valence-corrected chi connectivity index (χ1v) is 19.1. The summed E-state index contributed by atoms with van der Waals surface area (Å²) >= 11 is 7.88. The van der Waals surface area contributed by atoms with Crippen LogP contribution in [0.25, 0.3) is 5.00 Å². The van der Waals surface area contributed by atoms with Gasteiger partial charge in [0.25, 0.3) is 17.7 Å². The number of carbonyl (C=O) groups is 5. The lowest BCUT2D eigenvalue weighted by molar-refractivity contribution is -0.136. The molecule has 7 rings (SSSR count). The summed E-state index contributed by atoms with van der Waals surface area (Å²) in [6.45, 7) is 6.49. The minimum absolute atomic E-state index is 0.00703. The Bertz CT molecular complexity index is 2230. The number of aryl methyl sites for hydroxylation is 2. The third kappa shape index (κ3) is 7.54. The minimum atomic E-state index is -1.11. The molecule has 1 saturated heterocycles. The van der Waals surface area contributed by atoms with Gasteiger partial charge in [0, 0.05) is 40.4 Å². The number of imide groups is 2. The van der Waals surface area contributed by atoms with Crippen molar-refractivity contribution in [1.29, 1.82) is 0 Å². The number of nitrogens with zero attached hydrogens (tertiary/aromatic N) is 5. The maximum atomic E-state index is 13.3. The molecule has 5 amide bonds. The lowest BCUT2D eigenvalue weighted by atomic mass is 9.99. The highest BCUT2D eigenvalue weighted by atomic mass is 35.5. The van der Waals surface area contributed by atoms with Gasteiger partial charge in [-0.3, -0.25) is 49.1 Å². The van der Waals surface area contributed by atoms with Crippen molar-refractivity contribution < 1.29 is 33.8 Å². The smallest absolute Gasteiger partial charge is 0.266 e. The van der Waals surface area contributed by atoms with Gasteiger partial charge >= 0.3 is 0 Å². The summed E-state index contributed by atoms with van der Waals surface area (Å²) in [7, 11) is 0. The van der Waals surface area contributed by atoms with E-state index in [-0.39, 0.29) is 36.1 Å². The molecule has 3 atom stereocenters. The SMILES string of the molecule is Cc1sc2c(c1C)C(c1ccc(Cl)cc1)=N[C@H](CC(O)NCCCCNC(=O)COc1cccc3c1C(=O)N(C1CCC(=O)NC1=O)C3=O)c1nnc(C)n1-2. The van der Waals surface area contributed by atoms with E-state index >= 15 is 0 Å². The topological polar surface area (TPSA) is 197 Å². The monoisotopic (exact) mass is 786 g/mol. The molecule has 17 heteroatoms. The Hall–Kier alpha value is -5.29. The minimum Gasteiger partial charge on any atom is -0.483 e. The Labute approximate surface area is 325 Å². The van der Waals surface area contributed by atoms with Crippen LogP contribution < -0.4 is 20.7 Å². The summed E-state index contributed by atoms with van der Waals surface area (Å²) in [4.78, 5) is 70.1. The number of hydrogen-bond acceptors (Lipinski definition) is 12. The first-order chi connectivity index (χ1) is 26.4. The van der Waals surface area contributed by atoms with Crippen LogP contribution in [-0.2, 0) is 14.4 Å². The van der Waals surface area contributed by atoms with Gasteiger partial charge in [0.15, 0.2) is 12.4 Å². The zero-order valence-corrected chi connectivity index (χ0v) is 31.9. The number of benzene rings is 2. The van der Waals surface area contributed by atoms with Crippen LogP contribution in [0.4, 0.5) is 0 Å². The maximum absolute atomic E-state index is 13.3. The van der Waals surface area contributed by atoms with Crippen LogP contribution in [-0.4, -0.2) is 92.0 Å². The van der Waals surface area contributed by atoms with Crippen LogP contribution in [0.1, 0.15) is 92.1 Å². The molecule has 0 spiro atoms. The second-order valence-electron chi connectivity index (χ2n) is 13.6. The number of hydrogen-bond donors (Lipinski definition) is 4. The van der Waals surface area contributed by atoms with Gasteiger partial charge in [0.1, 0.15) is 34.9 Å². The van der Waals surface area contributed by atoms with Crippen molar-refractivity contribution in [2.45, 2.75) is 71.2 Å². The van der Waals surface area contributed by atoms with E-state index in [0.29, 0.717) is 36.8 Å². The van der Waals surface area contributed by atoms with Crippen LogP contribution in [0.2, 0.25) is 5.02 Å². The van der Waals surface area contributed by atoms with Gasteiger partial charge in [-0.05, 0) is 76.4 Å². The summed E-state index contributed by atoms with van der Waals surface area (Å²) in [5.74, 6) is -1.54. The number of aliphatic hydroxyl groups is 1. The summed E-state index contributed by atoms with van der Waals surface area (Å²) in [5, 5.41) is 29.7. The van der Waals surface area contributed by atoms with E-state index < -0.39 is 54.5 Å². The number of rotatable bonds is 13. The Balaban J connectivity index is 0.905. The summed E-state index contributed by atoms with van der Waals surface area (Å²) < 4.78 is 7.69. The van der Waals surface area contributed by atoms with Gasteiger partial charge in [-0.25, -0.2) is 0 Å². The van der Waals surface area contributed by atoms with Crippen LogP contribution >= 0.6 is 22.9 Å². The van der Waals surface area contributed by atoms with Gasteiger partial charge in [0.05, 0.1) is 16.8 Å². The van der Waals surface area contributed by atoms with Crippen LogP contribution in [0.5, 0.6) is 5.75 Å². The van der Waals surface area contributed by atoms with Crippen LogP contribution in [0, 0.1) is 20.8 Å². The molecule has 2 aromatic carbocycles.